The van der Waals surface area contributed by atoms with Gasteiger partial charge in [0.05, 0.1) is 23.5 Å². The number of piperidine rings is 1. The van der Waals surface area contributed by atoms with Crippen LogP contribution in [-0.4, -0.2) is 45.3 Å². The second kappa shape index (κ2) is 8.91. The van der Waals surface area contributed by atoms with Gasteiger partial charge in [0, 0.05) is 36.7 Å². The van der Waals surface area contributed by atoms with E-state index in [2.05, 4.69) is 10.3 Å². The number of hydrogen-bond donors (Lipinski definition) is 1. The Balaban J connectivity index is 1.59. The summed E-state index contributed by atoms with van der Waals surface area (Å²) in [5, 5.41) is 2.42. The van der Waals surface area contributed by atoms with Crippen LogP contribution < -0.4 is 10.1 Å². The smallest absolute Gasteiger partial charge is 0.449 e. The van der Waals surface area contributed by atoms with Crippen molar-refractivity contribution in [2.45, 2.75) is 31.6 Å². The number of carbonyl (C=O) groups is 3. The number of nitrogens with one attached hydrogen (secondary N) is 1. The fraction of sp³-hybridized carbons (Fsp3) is 0.280. The number of rotatable bonds is 4. The van der Waals surface area contributed by atoms with Crippen molar-refractivity contribution < 1.29 is 32.3 Å². The van der Waals surface area contributed by atoms with Gasteiger partial charge in [-0.3, -0.25) is 19.7 Å². The first-order valence-corrected chi connectivity index (χ1v) is 11.6. The van der Waals surface area contributed by atoms with Gasteiger partial charge in [-0.05, 0) is 42.3 Å². The van der Waals surface area contributed by atoms with E-state index < -0.39 is 29.9 Å². The van der Waals surface area contributed by atoms with Crippen LogP contribution in [0.4, 0.5) is 13.2 Å². The van der Waals surface area contributed by atoms with Crippen molar-refractivity contribution in [3.05, 3.63) is 58.4 Å². The highest BCUT2D eigenvalue weighted by atomic mass is 35.5. The maximum Gasteiger partial charge on any atom is 0.449 e. The van der Waals surface area contributed by atoms with Gasteiger partial charge in [0.15, 0.2) is 0 Å². The van der Waals surface area contributed by atoms with Crippen LogP contribution in [-0.2, 0) is 29.4 Å². The average Bonchev–Trinajstić information content (AvgIpc) is 3.35. The van der Waals surface area contributed by atoms with Crippen molar-refractivity contribution in [2.75, 3.05) is 7.11 Å². The van der Waals surface area contributed by atoms with Crippen molar-refractivity contribution in [1.29, 1.82) is 0 Å². The van der Waals surface area contributed by atoms with Gasteiger partial charge in [0.2, 0.25) is 17.6 Å². The number of methoxy groups -OCH3 is 1. The minimum absolute atomic E-state index is 0.0385. The summed E-state index contributed by atoms with van der Waals surface area (Å²) >= 11 is 6.42. The SMILES string of the molecule is COc1ccc(-c2c(-c3ccc4c(c3)CN(C3CCC(=O)NC3=O)C4=O)nc(C(F)(F)F)n2C)c(Cl)c1. The molecular formula is C25H20ClF3N4O4. The highest BCUT2D eigenvalue weighted by Crippen LogP contribution is 2.42. The molecule has 12 heteroatoms. The molecule has 1 aromatic heterocycles. The highest BCUT2D eigenvalue weighted by molar-refractivity contribution is 6.33. The topological polar surface area (TPSA) is 93.5 Å². The van der Waals surface area contributed by atoms with E-state index in [9.17, 15) is 27.6 Å². The number of carbonyl (C=O) groups excluding carboxylic acids is 3. The Labute approximate surface area is 214 Å². The van der Waals surface area contributed by atoms with Crippen LogP contribution in [0.2, 0.25) is 5.02 Å². The number of imidazole rings is 1. The zero-order valence-corrected chi connectivity index (χ0v) is 20.4. The molecule has 2 aliphatic heterocycles. The second-order valence-electron chi connectivity index (χ2n) is 8.81. The summed E-state index contributed by atoms with van der Waals surface area (Å²) in [6, 6.07) is 8.48. The van der Waals surface area contributed by atoms with E-state index in [-0.39, 0.29) is 41.7 Å². The third kappa shape index (κ3) is 4.22. The molecule has 3 amide bonds. The lowest BCUT2D eigenvalue weighted by Crippen LogP contribution is -2.52. The van der Waals surface area contributed by atoms with E-state index >= 15 is 0 Å². The Morgan fingerprint density at radius 2 is 1.84 bits per heavy atom. The lowest BCUT2D eigenvalue weighted by atomic mass is 10.0. The predicted octanol–water partition coefficient (Wildman–Crippen LogP) is 4.20. The third-order valence-corrected chi connectivity index (χ3v) is 6.89. The Morgan fingerprint density at radius 1 is 1.11 bits per heavy atom. The van der Waals surface area contributed by atoms with Gasteiger partial charge < -0.3 is 14.2 Å². The minimum atomic E-state index is -4.73. The van der Waals surface area contributed by atoms with Crippen LogP contribution in [0.1, 0.15) is 34.6 Å². The zero-order chi connectivity index (χ0) is 26.6. The first kappa shape index (κ1) is 24.8. The fourth-order valence-electron chi connectivity index (χ4n) is 4.80. The summed E-state index contributed by atoms with van der Waals surface area (Å²) in [6.07, 6.45) is -4.41. The second-order valence-corrected chi connectivity index (χ2v) is 9.21. The summed E-state index contributed by atoms with van der Waals surface area (Å²) in [6.45, 7) is 0.0753. The number of nitrogens with zero attached hydrogens (tertiary/aromatic N) is 3. The number of hydrogen-bond acceptors (Lipinski definition) is 5. The van der Waals surface area contributed by atoms with E-state index in [0.29, 0.717) is 28.0 Å². The molecule has 37 heavy (non-hydrogen) atoms. The molecule has 3 aromatic rings. The van der Waals surface area contributed by atoms with Crippen molar-refractivity contribution in [1.82, 2.24) is 19.8 Å². The number of alkyl halides is 3. The molecule has 1 fully saturated rings. The van der Waals surface area contributed by atoms with Gasteiger partial charge in [-0.1, -0.05) is 17.7 Å². The monoisotopic (exact) mass is 532 g/mol. The van der Waals surface area contributed by atoms with Crippen LogP contribution in [0, 0.1) is 0 Å². The van der Waals surface area contributed by atoms with Crippen LogP contribution in [0.15, 0.2) is 36.4 Å². The van der Waals surface area contributed by atoms with Gasteiger partial charge in [-0.15, -0.1) is 0 Å². The molecule has 0 bridgehead atoms. The lowest BCUT2D eigenvalue weighted by molar-refractivity contribution is -0.146. The highest BCUT2D eigenvalue weighted by Gasteiger charge is 2.41. The summed E-state index contributed by atoms with van der Waals surface area (Å²) in [5.41, 5.74) is 1.74. The standard InChI is InChI=1S/C25H20ClF3N4O4/c1-32-21(16-6-4-14(37-2)10-17(16)26)20(31-24(32)25(27,28)29)12-3-5-15-13(9-12)11-33(23(15)36)18-7-8-19(34)30-22(18)35/h3-6,9-10,18H,7-8,11H2,1-2H3,(H,30,34,35). The van der Waals surface area contributed by atoms with Crippen LogP contribution >= 0.6 is 11.6 Å². The number of aromatic nitrogens is 2. The van der Waals surface area contributed by atoms with Crippen molar-refractivity contribution in [3.8, 4) is 28.3 Å². The number of halogens is 4. The molecule has 1 atom stereocenters. The Morgan fingerprint density at radius 3 is 2.49 bits per heavy atom. The molecule has 3 heterocycles. The van der Waals surface area contributed by atoms with Gasteiger partial charge in [-0.25, -0.2) is 4.98 Å². The van der Waals surface area contributed by atoms with E-state index in [0.717, 1.165) is 4.57 Å². The van der Waals surface area contributed by atoms with E-state index in [1.54, 1.807) is 18.2 Å². The molecule has 2 aliphatic rings. The fourth-order valence-corrected chi connectivity index (χ4v) is 5.06. The largest absolute Gasteiger partial charge is 0.497 e. The Bertz CT molecular complexity index is 1470. The maximum atomic E-state index is 13.8. The molecular weight excluding hydrogens is 513 g/mol. The lowest BCUT2D eigenvalue weighted by Gasteiger charge is -2.29. The Hall–Kier alpha value is -3.86. The number of amides is 3. The van der Waals surface area contributed by atoms with Crippen molar-refractivity contribution >= 4 is 29.3 Å². The summed E-state index contributed by atoms with van der Waals surface area (Å²) in [7, 11) is 2.71. The molecule has 0 aliphatic carbocycles. The molecule has 1 saturated heterocycles. The van der Waals surface area contributed by atoms with Gasteiger partial charge in [0.1, 0.15) is 11.8 Å². The Kier molecular flexibility index (Phi) is 5.98. The third-order valence-electron chi connectivity index (χ3n) is 6.58. The van der Waals surface area contributed by atoms with E-state index in [1.165, 1.54) is 37.3 Å². The van der Waals surface area contributed by atoms with Crippen molar-refractivity contribution in [3.63, 3.8) is 0 Å². The van der Waals surface area contributed by atoms with Crippen molar-refractivity contribution in [2.24, 2.45) is 7.05 Å². The molecule has 1 unspecified atom stereocenters. The number of fused-ring (bicyclic) bond motifs is 1. The molecule has 0 spiro atoms. The molecule has 0 saturated carbocycles. The molecule has 5 rings (SSSR count). The minimum Gasteiger partial charge on any atom is -0.497 e. The normalized spacial score (nSPS) is 17.7. The maximum absolute atomic E-state index is 13.8. The molecule has 2 aromatic carbocycles. The summed E-state index contributed by atoms with van der Waals surface area (Å²) < 4.78 is 47.6. The number of imide groups is 1. The van der Waals surface area contributed by atoms with Gasteiger partial charge in [-0.2, -0.15) is 13.2 Å². The zero-order valence-electron chi connectivity index (χ0n) is 19.6. The van der Waals surface area contributed by atoms with Gasteiger partial charge in [0.25, 0.3) is 5.91 Å². The predicted molar refractivity (Wildman–Crippen MR) is 127 cm³/mol. The number of benzene rings is 2. The number of ether oxygens (including phenoxy) is 1. The molecule has 192 valence electrons. The van der Waals surface area contributed by atoms with Gasteiger partial charge >= 0.3 is 6.18 Å². The average molecular weight is 533 g/mol. The van der Waals surface area contributed by atoms with E-state index in [1.807, 2.05) is 0 Å². The van der Waals surface area contributed by atoms with E-state index in [4.69, 9.17) is 16.3 Å². The summed E-state index contributed by atoms with van der Waals surface area (Å²) in [5.74, 6) is -1.99. The van der Waals surface area contributed by atoms with Crippen LogP contribution in [0.5, 0.6) is 5.75 Å². The quantitative estimate of drug-likeness (QED) is 0.508. The first-order valence-electron chi connectivity index (χ1n) is 11.3. The molecule has 0 radical (unpaired) electrons. The van der Waals surface area contributed by atoms with Crippen LogP contribution in [0.25, 0.3) is 22.5 Å². The first-order chi connectivity index (χ1) is 17.5. The molecule has 1 N–H and O–H groups in total. The van der Waals surface area contributed by atoms with Crippen LogP contribution in [0.3, 0.4) is 0 Å². The molecule has 8 nitrogen and oxygen atoms in total. The summed E-state index contributed by atoms with van der Waals surface area (Å²) in [4.78, 5) is 42.1.